The average molecular weight is 504 g/mol. The van der Waals surface area contributed by atoms with Gasteiger partial charge in [0, 0.05) is 31.7 Å². The lowest BCUT2D eigenvalue weighted by Crippen LogP contribution is -2.48. The Bertz CT molecular complexity index is 1320. The molecule has 0 spiro atoms. The summed E-state index contributed by atoms with van der Waals surface area (Å²) in [5, 5.41) is 25.9. The number of nitrogens with one attached hydrogen (secondary N) is 2. The van der Waals surface area contributed by atoms with E-state index < -0.39 is 12.3 Å². The molecule has 190 valence electrons. The molecule has 2 amide bonds. The predicted molar refractivity (Wildman–Crippen MR) is 132 cm³/mol. The van der Waals surface area contributed by atoms with E-state index >= 15 is 0 Å². The van der Waals surface area contributed by atoms with Crippen molar-refractivity contribution in [2.24, 2.45) is 0 Å². The number of pyridine rings is 2. The molecule has 4 atom stereocenters. The molecule has 1 saturated carbocycles. The van der Waals surface area contributed by atoms with E-state index in [-0.39, 0.29) is 30.7 Å². The van der Waals surface area contributed by atoms with Crippen LogP contribution in [0, 0.1) is 11.3 Å². The van der Waals surface area contributed by atoms with Crippen LogP contribution in [0.3, 0.4) is 0 Å². The summed E-state index contributed by atoms with van der Waals surface area (Å²) < 4.78 is 11.1. The molecule has 1 aliphatic carbocycles. The topological polar surface area (TPSA) is 153 Å². The molecular weight excluding hydrogens is 478 g/mol. The number of aromatic nitrogens is 2. The fourth-order valence-corrected chi connectivity index (χ4v) is 5.34. The number of anilines is 3. The van der Waals surface area contributed by atoms with Crippen molar-refractivity contribution in [1.82, 2.24) is 15.3 Å². The third-order valence-electron chi connectivity index (χ3n) is 7.11. The van der Waals surface area contributed by atoms with Crippen molar-refractivity contribution in [2.75, 3.05) is 34.8 Å². The third kappa shape index (κ3) is 4.32. The highest BCUT2D eigenvalue weighted by Crippen LogP contribution is 2.37. The van der Waals surface area contributed by atoms with Crippen LogP contribution in [-0.4, -0.2) is 71.2 Å². The minimum Gasteiger partial charge on any atom is -0.480 e. The molecule has 6 rings (SSSR count). The zero-order valence-corrected chi connectivity index (χ0v) is 19.8. The molecule has 1 unspecified atom stereocenters. The average Bonchev–Trinajstić information content (AvgIpc) is 3.24. The predicted octanol–water partition coefficient (Wildman–Crippen LogP) is 1.37. The maximum Gasteiger partial charge on any atom is 0.416 e. The summed E-state index contributed by atoms with van der Waals surface area (Å²) in [6.45, 7) is 1.04. The molecule has 2 aromatic heterocycles. The summed E-state index contributed by atoms with van der Waals surface area (Å²) in [5.41, 5.74) is 1.87. The molecule has 37 heavy (non-hydrogen) atoms. The van der Waals surface area contributed by atoms with Crippen molar-refractivity contribution in [3.63, 3.8) is 0 Å². The van der Waals surface area contributed by atoms with Gasteiger partial charge in [0.2, 0.25) is 0 Å². The zero-order chi connectivity index (χ0) is 25.5. The number of fused-ring (bicyclic) bond motifs is 3. The largest absolute Gasteiger partial charge is 0.480 e. The van der Waals surface area contributed by atoms with Crippen LogP contribution in [0.1, 0.15) is 30.5 Å². The maximum atomic E-state index is 12.8. The van der Waals surface area contributed by atoms with Gasteiger partial charge in [-0.25, -0.2) is 9.78 Å². The molecular formula is C25H25N7O5. The Morgan fingerprint density at radius 2 is 2.19 bits per heavy atom. The smallest absolute Gasteiger partial charge is 0.416 e. The summed E-state index contributed by atoms with van der Waals surface area (Å²) >= 11 is 0. The molecule has 0 aromatic carbocycles. The molecule has 0 bridgehead atoms. The number of carbonyl (C=O) groups excluding carboxylic acids is 2. The fourth-order valence-electron chi connectivity index (χ4n) is 5.34. The normalized spacial score (nSPS) is 25.8. The fraction of sp³-hybridized carbons (Fsp3) is 0.400. The van der Waals surface area contributed by atoms with Gasteiger partial charge in [0.1, 0.15) is 24.2 Å². The summed E-state index contributed by atoms with van der Waals surface area (Å²) in [5.74, 6) is 0.902. The number of hydrogen-bond donors (Lipinski definition) is 3. The maximum absolute atomic E-state index is 12.8. The number of aliphatic hydroxyl groups excluding tert-OH is 1. The van der Waals surface area contributed by atoms with Gasteiger partial charge in [0.05, 0.1) is 23.0 Å². The monoisotopic (exact) mass is 503 g/mol. The number of carbonyl (C=O) groups is 2. The van der Waals surface area contributed by atoms with Gasteiger partial charge in [-0.05, 0) is 43.2 Å². The minimum absolute atomic E-state index is 0.0589. The Morgan fingerprint density at radius 3 is 3.05 bits per heavy atom. The summed E-state index contributed by atoms with van der Waals surface area (Å²) in [4.78, 5) is 36.5. The number of aliphatic hydroxyl groups is 1. The van der Waals surface area contributed by atoms with E-state index in [1.54, 1.807) is 35.3 Å². The Labute approximate surface area is 212 Å². The van der Waals surface area contributed by atoms with Crippen molar-refractivity contribution in [3.05, 3.63) is 41.7 Å². The SMILES string of the molecule is N#Cc1cnc2c(c1)N(CCN[C@@H]1CC[C@@H]3[C@@H](C1)OC(=O)N3c1ccc3c(n1)NC(=O)CO3)C(O)C=C2. The lowest BCUT2D eigenvalue weighted by atomic mass is 9.88. The Kier molecular flexibility index (Phi) is 5.86. The van der Waals surface area contributed by atoms with Gasteiger partial charge in [-0.3, -0.25) is 14.7 Å². The third-order valence-corrected chi connectivity index (χ3v) is 7.11. The molecule has 2 fully saturated rings. The first-order valence-corrected chi connectivity index (χ1v) is 12.2. The molecule has 3 N–H and O–H groups in total. The highest BCUT2D eigenvalue weighted by molar-refractivity contribution is 5.95. The molecule has 4 aliphatic rings. The number of rotatable bonds is 5. The second-order valence-electron chi connectivity index (χ2n) is 9.38. The zero-order valence-electron chi connectivity index (χ0n) is 19.8. The van der Waals surface area contributed by atoms with Gasteiger partial charge in [0.25, 0.3) is 5.91 Å². The van der Waals surface area contributed by atoms with E-state index in [0.29, 0.717) is 48.2 Å². The van der Waals surface area contributed by atoms with E-state index in [1.807, 2.05) is 4.90 Å². The highest BCUT2D eigenvalue weighted by atomic mass is 16.6. The lowest BCUT2D eigenvalue weighted by Gasteiger charge is -2.35. The van der Waals surface area contributed by atoms with Crippen molar-refractivity contribution in [3.8, 4) is 11.8 Å². The van der Waals surface area contributed by atoms with Gasteiger partial charge >= 0.3 is 6.09 Å². The van der Waals surface area contributed by atoms with Crippen LogP contribution < -0.4 is 25.2 Å². The molecule has 1 saturated heterocycles. The van der Waals surface area contributed by atoms with Crippen molar-refractivity contribution < 1.29 is 24.2 Å². The summed E-state index contributed by atoms with van der Waals surface area (Å²) in [6, 6.07) is 7.22. The second-order valence-corrected chi connectivity index (χ2v) is 9.38. The summed E-state index contributed by atoms with van der Waals surface area (Å²) in [7, 11) is 0. The molecule has 12 heteroatoms. The van der Waals surface area contributed by atoms with E-state index in [0.717, 1.165) is 18.5 Å². The van der Waals surface area contributed by atoms with Gasteiger partial charge in [0.15, 0.2) is 18.2 Å². The van der Waals surface area contributed by atoms with Gasteiger partial charge in [-0.15, -0.1) is 0 Å². The number of nitriles is 1. The van der Waals surface area contributed by atoms with E-state index in [1.165, 1.54) is 6.20 Å². The first-order valence-electron chi connectivity index (χ1n) is 12.2. The lowest BCUT2D eigenvalue weighted by molar-refractivity contribution is -0.118. The quantitative estimate of drug-likeness (QED) is 0.545. The van der Waals surface area contributed by atoms with Crippen LogP contribution in [0.5, 0.6) is 5.75 Å². The highest BCUT2D eigenvalue weighted by Gasteiger charge is 2.46. The molecule has 2 aromatic rings. The van der Waals surface area contributed by atoms with Crippen molar-refractivity contribution >= 4 is 35.4 Å². The van der Waals surface area contributed by atoms with E-state index in [9.17, 15) is 20.0 Å². The van der Waals surface area contributed by atoms with Crippen LogP contribution in [0.4, 0.5) is 22.1 Å². The summed E-state index contributed by atoms with van der Waals surface area (Å²) in [6.07, 6.45) is 5.62. The molecule has 12 nitrogen and oxygen atoms in total. The van der Waals surface area contributed by atoms with Crippen LogP contribution in [0.2, 0.25) is 0 Å². The first kappa shape index (κ1) is 23.2. The van der Waals surface area contributed by atoms with E-state index in [2.05, 4.69) is 26.7 Å². The first-order chi connectivity index (χ1) is 18.0. The van der Waals surface area contributed by atoms with Gasteiger partial charge in [-0.1, -0.05) is 0 Å². The Hall–Kier alpha value is -4.21. The van der Waals surface area contributed by atoms with Gasteiger partial charge < -0.3 is 30.1 Å². The number of ether oxygens (including phenoxy) is 2. The van der Waals surface area contributed by atoms with Crippen LogP contribution in [0.15, 0.2) is 30.5 Å². The standard InChI is InChI=1S/C25H25N7O5/c26-11-14-9-18-16(28-12-14)2-6-23(34)31(18)8-7-27-15-1-3-17-20(10-15)37-25(35)32(17)21-5-4-19-24(29-21)30-22(33)13-36-19/h2,4-6,9,12,15,17,20,23,27,34H,1,3,7-8,10,13H2,(H,29,30,33)/t15-,17-,20-,23?/m1/s1. The molecule has 5 heterocycles. The van der Waals surface area contributed by atoms with Gasteiger partial charge in [-0.2, -0.15) is 5.26 Å². The Morgan fingerprint density at radius 1 is 1.30 bits per heavy atom. The second kappa shape index (κ2) is 9.34. The Balaban J connectivity index is 1.08. The van der Waals surface area contributed by atoms with Crippen molar-refractivity contribution in [1.29, 1.82) is 5.26 Å². The molecule has 3 aliphatic heterocycles. The van der Waals surface area contributed by atoms with Crippen LogP contribution >= 0.6 is 0 Å². The van der Waals surface area contributed by atoms with Crippen LogP contribution in [-0.2, 0) is 9.53 Å². The number of nitrogens with zero attached hydrogens (tertiary/aromatic N) is 5. The van der Waals surface area contributed by atoms with E-state index in [4.69, 9.17) is 9.47 Å². The molecule has 0 radical (unpaired) electrons. The van der Waals surface area contributed by atoms with Crippen molar-refractivity contribution in [2.45, 2.75) is 43.7 Å². The van der Waals surface area contributed by atoms with Crippen LogP contribution in [0.25, 0.3) is 6.08 Å². The number of hydrogen-bond acceptors (Lipinski definition) is 10. The minimum atomic E-state index is -0.801. The number of amides is 2.